The largest absolute Gasteiger partial charge is 0.481 e. The van der Waals surface area contributed by atoms with Gasteiger partial charge >= 0.3 is 12.1 Å². The first-order valence-electron chi connectivity index (χ1n) is 6.25. The van der Waals surface area contributed by atoms with E-state index in [1.165, 1.54) is 0 Å². The van der Waals surface area contributed by atoms with E-state index in [0.29, 0.717) is 6.42 Å². The van der Waals surface area contributed by atoms with E-state index in [9.17, 15) is 22.8 Å². The molecule has 0 aliphatic carbocycles. The molecule has 8 heteroatoms. The zero-order chi connectivity index (χ0) is 15.8. The first-order chi connectivity index (χ1) is 9.11. The molecule has 0 aromatic rings. The molecule has 118 valence electrons. The van der Waals surface area contributed by atoms with Crippen molar-refractivity contribution in [2.24, 2.45) is 11.8 Å². The summed E-state index contributed by atoms with van der Waals surface area (Å²) in [7, 11) is 0. The minimum absolute atomic E-state index is 0.0361. The Bertz CT molecular complexity index is 318. The fourth-order valence-electron chi connectivity index (χ4n) is 1.52. The van der Waals surface area contributed by atoms with Crippen molar-refractivity contribution in [1.29, 1.82) is 0 Å². The Morgan fingerprint density at radius 3 is 2.35 bits per heavy atom. The van der Waals surface area contributed by atoms with E-state index in [-0.39, 0.29) is 25.5 Å². The topological polar surface area (TPSA) is 75.6 Å². The van der Waals surface area contributed by atoms with Crippen LogP contribution in [-0.2, 0) is 14.3 Å². The molecule has 20 heavy (non-hydrogen) atoms. The lowest BCUT2D eigenvalue weighted by Crippen LogP contribution is -2.34. The number of carbonyl (C=O) groups is 2. The summed E-state index contributed by atoms with van der Waals surface area (Å²) in [6, 6.07) is 0. The number of aliphatic carboxylic acids is 1. The van der Waals surface area contributed by atoms with Crippen LogP contribution in [0.3, 0.4) is 0 Å². The lowest BCUT2D eigenvalue weighted by molar-refractivity contribution is -0.174. The van der Waals surface area contributed by atoms with Gasteiger partial charge in [0.2, 0.25) is 5.91 Å². The lowest BCUT2D eigenvalue weighted by Gasteiger charge is -2.15. The molecule has 0 rings (SSSR count). The maximum absolute atomic E-state index is 11.8. The maximum Gasteiger partial charge on any atom is 0.411 e. The quantitative estimate of drug-likeness (QED) is 0.637. The van der Waals surface area contributed by atoms with Gasteiger partial charge in [0.15, 0.2) is 0 Å². The minimum atomic E-state index is -4.41. The van der Waals surface area contributed by atoms with Crippen LogP contribution in [0.2, 0.25) is 0 Å². The van der Waals surface area contributed by atoms with Crippen molar-refractivity contribution < 1.29 is 32.6 Å². The second kappa shape index (κ2) is 8.78. The fraction of sp³-hybridized carbons (Fsp3) is 0.833. The van der Waals surface area contributed by atoms with Crippen LogP contribution in [0.1, 0.15) is 26.7 Å². The summed E-state index contributed by atoms with van der Waals surface area (Å²) in [6.45, 7) is 1.94. The number of carbonyl (C=O) groups excluding carboxylic acids is 1. The summed E-state index contributed by atoms with van der Waals surface area (Å²) < 4.78 is 39.5. The summed E-state index contributed by atoms with van der Waals surface area (Å²) in [4.78, 5) is 22.2. The zero-order valence-corrected chi connectivity index (χ0v) is 11.5. The maximum atomic E-state index is 11.8. The number of rotatable bonds is 9. The van der Waals surface area contributed by atoms with Crippen LogP contribution >= 0.6 is 0 Å². The summed E-state index contributed by atoms with van der Waals surface area (Å²) >= 11 is 0. The molecule has 1 amide bonds. The van der Waals surface area contributed by atoms with Crippen LogP contribution in [0, 0.1) is 11.8 Å². The predicted molar refractivity (Wildman–Crippen MR) is 65.1 cm³/mol. The Hall–Kier alpha value is -1.31. The van der Waals surface area contributed by atoms with E-state index in [0.717, 1.165) is 0 Å². The zero-order valence-electron chi connectivity index (χ0n) is 11.5. The number of hydrogen-bond donors (Lipinski definition) is 2. The molecule has 0 saturated carbocycles. The molecule has 0 aliphatic rings. The number of carboxylic acids is 1. The normalized spacial score (nSPS) is 13.3. The molecular weight excluding hydrogens is 279 g/mol. The number of hydrogen-bond acceptors (Lipinski definition) is 3. The van der Waals surface area contributed by atoms with E-state index in [4.69, 9.17) is 5.11 Å². The van der Waals surface area contributed by atoms with Crippen molar-refractivity contribution in [3.05, 3.63) is 0 Å². The monoisotopic (exact) mass is 299 g/mol. The van der Waals surface area contributed by atoms with Gasteiger partial charge in [0, 0.05) is 13.0 Å². The Balaban J connectivity index is 3.88. The molecule has 2 N–H and O–H groups in total. The van der Waals surface area contributed by atoms with Crippen molar-refractivity contribution in [3.8, 4) is 0 Å². The van der Waals surface area contributed by atoms with Crippen LogP contribution in [0.15, 0.2) is 0 Å². The first-order valence-corrected chi connectivity index (χ1v) is 6.25. The Kier molecular flexibility index (Phi) is 8.21. The van der Waals surface area contributed by atoms with Crippen molar-refractivity contribution in [2.45, 2.75) is 32.9 Å². The highest BCUT2D eigenvalue weighted by atomic mass is 19.4. The van der Waals surface area contributed by atoms with E-state index >= 15 is 0 Å². The van der Waals surface area contributed by atoms with Crippen molar-refractivity contribution in [2.75, 3.05) is 19.8 Å². The standard InChI is InChI=1S/C12H20F3NO4/c1-8(2)5-9(11(18)19)6-16-10(17)3-4-20-7-12(13,14)15/h8-9H,3-7H2,1-2H3,(H,16,17)(H,18,19). The van der Waals surface area contributed by atoms with Gasteiger partial charge in [-0.1, -0.05) is 13.8 Å². The van der Waals surface area contributed by atoms with Gasteiger partial charge in [0.05, 0.1) is 12.5 Å². The van der Waals surface area contributed by atoms with Gasteiger partial charge in [0.25, 0.3) is 0 Å². The van der Waals surface area contributed by atoms with Crippen LogP contribution in [0.5, 0.6) is 0 Å². The molecule has 1 unspecified atom stereocenters. The molecule has 0 bridgehead atoms. The lowest BCUT2D eigenvalue weighted by atomic mass is 9.97. The molecule has 0 spiro atoms. The Labute approximate surface area is 115 Å². The predicted octanol–water partition coefficient (Wildman–Crippen LogP) is 1.82. The summed E-state index contributed by atoms with van der Waals surface area (Å²) in [5.74, 6) is -2.06. The molecular formula is C12H20F3NO4. The Morgan fingerprint density at radius 2 is 1.90 bits per heavy atom. The molecule has 0 radical (unpaired) electrons. The van der Waals surface area contributed by atoms with Gasteiger partial charge in [-0.05, 0) is 12.3 Å². The summed E-state index contributed by atoms with van der Waals surface area (Å²) in [6.07, 6.45) is -4.23. The second-order valence-corrected chi connectivity index (χ2v) is 4.89. The molecule has 0 aromatic heterocycles. The number of ether oxygens (including phenoxy) is 1. The molecule has 0 saturated heterocycles. The highest BCUT2D eigenvalue weighted by molar-refractivity contribution is 5.77. The number of carboxylic acid groups (broad SMARTS) is 1. The van der Waals surface area contributed by atoms with E-state index < -0.39 is 30.6 Å². The van der Waals surface area contributed by atoms with Gasteiger partial charge in [-0.3, -0.25) is 9.59 Å². The number of alkyl halides is 3. The average Bonchev–Trinajstić information content (AvgIpc) is 2.28. The van der Waals surface area contributed by atoms with Crippen molar-refractivity contribution >= 4 is 11.9 Å². The van der Waals surface area contributed by atoms with Crippen molar-refractivity contribution in [1.82, 2.24) is 5.32 Å². The van der Waals surface area contributed by atoms with Gasteiger partial charge in [0.1, 0.15) is 6.61 Å². The number of nitrogens with one attached hydrogen (secondary N) is 1. The fourth-order valence-corrected chi connectivity index (χ4v) is 1.52. The molecule has 0 heterocycles. The van der Waals surface area contributed by atoms with E-state index in [1.54, 1.807) is 0 Å². The third-order valence-corrected chi connectivity index (χ3v) is 2.39. The molecule has 0 aliphatic heterocycles. The molecule has 0 fully saturated rings. The minimum Gasteiger partial charge on any atom is -0.481 e. The first kappa shape index (κ1) is 18.7. The molecule has 1 atom stereocenters. The van der Waals surface area contributed by atoms with Gasteiger partial charge in [-0.25, -0.2) is 0 Å². The van der Waals surface area contributed by atoms with Crippen LogP contribution in [-0.4, -0.2) is 42.9 Å². The molecule has 0 aromatic carbocycles. The number of amides is 1. The SMILES string of the molecule is CC(C)CC(CNC(=O)CCOCC(F)(F)F)C(=O)O. The van der Waals surface area contributed by atoms with Gasteiger partial charge in [-0.2, -0.15) is 13.2 Å². The van der Waals surface area contributed by atoms with Crippen LogP contribution in [0.4, 0.5) is 13.2 Å². The number of halogens is 3. The van der Waals surface area contributed by atoms with E-state index in [1.807, 2.05) is 13.8 Å². The van der Waals surface area contributed by atoms with Crippen LogP contribution in [0.25, 0.3) is 0 Å². The third kappa shape index (κ3) is 10.6. The van der Waals surface area contributed by atoms with Crippen molar-refractivity contribution in [3.63, 3.8) is 0 Å². The Morgan fingerprint density at radius 1 is 1.30 bits per heavy atom. The smallest absolute Gasteiger partial charge is 0.411 e. The summed E-state index contributed by atoms with van der Waals surface area (Å²) in [5, 5.41) is 11.3. The highest BCUT2D eigenvalue weighted by Crippen LogP contribution is 2.14. The summed E-state index contributed by atoms with van der Waals surface area (Å²) in [5.41, 5.74) is 0. The van der Waals surface area contributed by atoms with Crippen LogP contribution < -0.4 is 5.32 Å². The third-order valence-electron chi connectivity index (χ3n) is 2.39. The second-order valence-electron chi connectivity index (χ2n) is 4.89. The molecule has 5 nitrogen and oxygen atoms in total. The van der Waals surface area contributed by atoms with E-state index in [2.05, 4.69) is 10.1 Å². The van der Waals surface area contributed by atoms with Gasteiger partial charge < -0.3 is 15.2 Å². The average molecular weight is 299 g/mol. The van der Waals surface area contributed by atoms with Gasteiger partial charge in [-0.15, -0.1) is 0 Å². The highest BCUT2D eigenvalue weighted by Gasteiger charge is 2.27.